The first kappa shape index (κ1) is 15.6. The monoisotopic (exact) mass is 385 g/mol. The molecule has 1 aromatic rings. The number of guanidine groups is 1. The molecule has 0 fully saturated rings. The molecule has 24 heavy (non-hydrogen) atoms. The van der Waals surface area contributed by atoms with Crippen molar-refractivity contribution in [1.29, 1.82) is 0 Å². The Balaban J connectivity index is 1.63. The Kier molecular flexibility index (Phi) is 4.01. The zero-order chi connectivity index (χ0) is 16.7. The van der Waals surface area contributed by atoms with Crippen LogP contribution in [-0.4, -0.2) is 66.3 Å². The van der Waals surface area contributed by atoms with Crippen molar-refractivity contribution in [2.75, 3.05) is 26.2 Å². The van der Waals surface area contributed by atoms with E-state index in [9.17, 15) is 9.59 Å². The van der Waals surface area contributed by atoms with Crippen LogP contribution < -0.4 is 0 Å². The van der Waals surface area contributed by atoms with Crippen LogP contribution in [0.1, 0.15) is 5.56 Å². The fourth-order valence-electron chi connectivity index (χ4n) is 3.36. The summed E-state index contributed by atoms with van der Waals surface area (Å²) >= 11 is 3.43. The molecule has 3 heterocycles. The van der Waals surface area contributed by atoms with Crippen LogP contribution in [0, 0.1) is 0 Å². The predicted molar refractivity (Wildman–Crippen MR) is 94.8 cm³/mol. The molecular weight excluding hydrogens is 371 g/mol. The number of aliphatic imine (C=N–C) groups is 1. The summed E-state index contributed by atoms with van der Waals surface area (Å²) in [4.78, 5) is 34.0. The zero-order valence-corrected chi connectivity index (χ0v) is 14.6. The third kappa shape index (κ3) is 2.59. The summed E-state index contributed by atoms with van der Waals surface area (Å²) in [6.45, 7) is 3.04. The third-order valence-corrected chi connectivity index (χ3v) is 5.01. The third-order valence-electron chi connectivity index (χ3n) is 4.48. The average Bonchev–Trinajstić information content (AvgIpc) is 3.20. The average molecular weight is 386 g/mol. The Morgan fingerprint density at radius 3 is 2.79 bits per heavy atom. The maximum Gasteiger partial charge on any atom is 0.293 e. The number of amides is 1. The van der Waals surface area contributed by atoms with Gasteiger partial charge in [-0.05, 0) is 17.7 Å². The number of rotatable bonds is 4. The van der Waals surface area contributed by atoms with Crippen LogP contribution in [0.2, 0.25) is 0 Å². The lowest BCUT2D eigenvalue weighted by Crippen LogP contribution is -2.49. The highest BCUT2D eigenvalue weighted by molar-refractivity contribution is 9.10. The molecular formula is C16H15BBrN4O2. The largest absolute Gasteiger partial charge is 0.331 e. The van der Waals surface area contributed by atoms with Gasteiger partial charge in [-0.1, -0.05) is 28.1 Å². The van der Waals surface area contributed by atoms with E-state index in [-0.39, 0.29) is 5.91 Å². The molecule has 0 aromatic heterocycles. The van der Waals surface area contributed by atoms with Crippen molar-refractivity contribution >= 4 is 41.4 Å². The van der Waals surface area contributed by atoms with E-state index in [4.69, 9.17) is 0 Å². The summed E-state index contributed by atoms with van der Waals surface area (Å²) < 4.78 is 1.01. The van der Waals surface area contributed by atoms with Gasteiger partial charge < -0.3 is 14.5 Å². The summed E-state index contributed by atoms with van der Waals surface area (Å²) in [5.74, 6) is 0.723. The van der Waals surface area contributed by atoms with Crippen molar-refractivity contribution in [2.45, 2.75) is 6.54 Å². The van der Waals surface area contributed by atoms with E-state index < -0.39 is 0 Å². The lowest BCUT2D eigenvalue weighted by Gasteiger charge is -2.35. The zero-order valence-electron chi connectivity index (χ0n) is 13.0. The number of halogens is 1. The second-order valence-corrected chi connectivity index (χ2v) is 6.88. The lowest BCUT2D eigenvalue weighted by atomic mass is 9.95. The molecule has 4 rings (SSSR count). The molecule has 0 atom stereocenters. The number of nitrogens with zero attached hydrogens (tertiary/aromatic N) is 4. The predicted octanol–water partition coefficient (Wildman–Crippen LogP) is 0.842. The quantitative estimate of drug-likeness (QED) is 0.569. The molecule has 0 aliphatic carbocycles. The van der Waals surface area contributed by atoms with E-state index in [1.165, 1.54) is 7.41 Å². The molecule has 3 aliphatic rings. The summed E-state index contributed by atoms with van der Waals surface area (Å²) in [5.41, 5.74) is 2.81. The van der Waals surface area contributed by atoms with Crippen LogP contribution in [0.4, 0.5) is 0 Å². The molecule has 6 nitrogen and oxygen atoms in total. The number of carbonyl (C=O) groups is 2. The lowest BCUT2D eigenvalue weighted by molar-refractivity contribution is -0.124. The number of carbonyl (C=O) groups excluding carboxylic acids is 2. The number of hydrogen-bond acceptors (Lipinski definition) is 5. The SMILES string of the molecule is O=C[B]N1CC2=C(C1)N1CCN=C1N(Cc1ccc(Br)cc1)C2=O. The molecule has 1 aromatic carbocycles. The van der Waals surface area contributed by atoms with Gasteiger partial charge in [-0.2, -0.15) is 0 Å². The summed E-state index contributed by atoms with van der Waals surface area (Å²) in [6.07, 6.45) is 0.765. The number of hydrogen-bond donors (Lipinski definition) is 0. The van der Waals surface area contributed by atoms with E-state index >= 15 is 0 Å². The van der Waals surface area contributed by atoms with Gasteiger partial charge in [-0.25, -0.2) is 0 Å². The Morgan fingerprint density at radius 1 is 1.25 bits per heavy atom. The van der Waals surface area contributed by atoms with Crippen LogP contribution in [-0.2, 0) is 16.1 Å². The molecule has 0 N–H and O–H groups in total. The van der Waals surface area contributed by atoms with Crippen LogP contribution in [0.5, 0.6) is 0 Å². The highest BCUT2D eigenvalue weighted by Crippen LogP contribution is 2.31. The second-order valence-electron chi connectivity index (χ2n) is 5.97. The molecule has 0 bridgehead atoms. The van der Waals surface area contributed by atoms with Gasteiger partial charge in [0.2, 0.25) is 5.96 Å². The first-order valence-corrected chi connectivity index (χ1v) is 8.59. The molecule has 1 amide bonds. The standard InChI is InChI=1S/C16H15BBrN4O2/c18-12-3-1-11(2-4-12)7-22-15(24)13-8-20(17-10-23)9-14(13)21-6-5-19-16(21)22/h1-4,10H,5-9H2. The molecule has 0 saturated heterocycles. The first-order valence-electron chi connectivity index (χ1n) is 7.80. The Bertz CT molecular complexity index is 762. The van der Waals surface area contributed by atoms with Gasteiger partial charge in [0.05, 0.1) is 24.8 Å². The number of benzene rings is 1. The minimum atomic E-state index is -0.00776. The highest BCUT2D eigenvalue weighted by Gasteiger charge is 2.42. The van der Waals surface area contributed by atoms with E-state index in [2.05, 4.69) is 25.8 Å². The highest BCUT2D eigenvalue weighted by atomic mass is 79.9. The van der Waals surface area contributed by atoms with E-state index in [1.54, 1.807) is 4.90 Å². The fraction of sp³-hybridized carbons (Fsp3) is 0.312. The van der Waals surface area contributed by atoms with Gasteiger partial charge >= 0.3 is 0 Å². The Morgan fingerprint density at radius 2 is 2.04 bits per heavy atom. The topological polar surface area (TPSA) is 56.2 Å². The van der Waals surface area contributed by atoms with Gasteiger partial charge in [0.15, 0.2) is 0 Å². The summed E-state index contributed by atoms with van der Waals surface area (Å²) in [7, 11) is 1.50. The first-order chi connectivity index (χ1) is 11.7. The van der Waals surface area contributed by atoms with Gasteiger partial charge in [0.25, 0.3) is 13.3 Å². The van der Waals surface area contributed by atoms with Gasteiger partial charge in [0, 0.05) is 29.8 Å². The maximum atomic E-state index is 13.0. The normalized spacial score (nSPS) is 20.2. The second kappa shape index (κ2) is 6.18. The van der Waals surface area contributed by atoms with Crippen LogP contribution in [0.15, 0.2) is 45.0 Å². The van der Waals surface area contributed by atoms with Crippen molar-refractivity contribution in [1.82, 2.24) is 14.6 Å². The molecule has 1 radical (unpaired) electrons. The molecule has 0 saturated carbocycles. The molecule has 121 valence electrons. The van der Waals surface area contributed by atoms with Crippen LogP contribution in [0.25, 0.3) is 0 Å². The Labute approximate surface area is 149 Å². The van der Waals surface area contributed by atoms with Crippen LogP contribution in [0.3, 0.4) is 0 Å². The van der Waals surface area contributed by atoms with Gasteiger partial charge in [-0.3, -0.25) is 14.7 Å². The molecule has 3 aliphatic heterocycles. The van der Waals surface area contributed by atoms with E-state index in [0.717, 1.165) is 40.0 Å². The minimum absolute atomic E-state index is 0.00776. The molecule has 0 unspecified atom stereocenters. The van der Waals surface area contributed by atoms with E-state index in [1.807, 2.05) is 29.1 Å². The van der Waals surface area contributed by atoms with Crippen molar-refractivity contribution in [3.63, 3.8) is 0 Å². The molecule has 0 spiro atoms. The van der Waals surface area contributed by atoms with Crippen molar-refractivity contribution in [3.05, 3.63) is 45.6 Å². The summed E-state index contributed by atoms with van der Waals surface area (Å²) in [5, 5.41) is 0. The van der Waals surface area contributed by atoms with Crippen molar-refractivity contribution in [3.8, 4) is 0 Å². The number of fused-ring (bicyclic) bond motifs is 2. The molecule has 8 heteroatoms. The van der Waals surface area contributed by atoms with Gasteiger partial charge in [0.1, 0.15) is 0 Å². The summed E-state index contributed by atoms with van der Waals surface area (Å²) in [6, 6.07) is 7.95. The van der Waals surface area contributed by atoms with Crippen molar-refractivity contribution in [2.24, 2.45) is 4.99 Å². The smallest absolute Gasteiger partial charge is 0.293 e. The fourth-order valence-corrected chi connectivity index (χ4v) is 3.62. The maximum absolute atomic E-state index is 13.0. The van der Waals surface area contributed by atoms with Gasteiger partial charge in [-0.15, -0.1) is 0 Å². The van der Waals surface area contributed by atoms with E-state index in [0.29, 0.717) is 26.2 Å². The Hall–Kier alpha value is -1.93. The van der Waals surface area contributed by atoms with Crippen LogP contribution >= 0.6 is 15.9 Å². The minimum Gasteiger partial charge on any atom is -0.331 e. The van der Waals surface area contributed by atoms with Crippen molar-refractivity contribution < 1.29 is 9.59 Å².